The van der Waals surface area contributed by atoms with Gasteiger partial charge in [0.25, 0.3) is 5.91 Å². The molecule has 5 heteroatoms. The second kappa shape index (κ2) is 6.04. The highest BCUT2D eigenvalue weighted by molar-refractivity contribution is 5.97. The first-order valence-electron chi connectivity index (χ1n) is 6.31. The van der Waals surface area contributed by atoms with Gasteiger partial charge in [0.05, 0.1) is 11.4 Å². The quantitative estimate of drug-likeness (QED) is 0.713. The molecule has 0 fully saturated rings. The lowest BCUT2D eigenvalue weighted by Crippen LogP contribution is -2.26. The summed E-state index contributed by atoms with van der Waals surface area (Å²) < 4.78 is 0. The molecule has 1 aromatic heterocycles. The minimum absolute atomic E-state index is 0.227. The highest BCUT2D eigenvalue weighted by atomic mass is 16.1. The van der Waals surface area contributed by atoms with Gasteiger partial charge in [-0.25, -0.2) is 0 Å². The first-order valence-corrected chi connectivity index (χ1v) is 6.31. The van der Waals surface area contributed by atoms with E-state index in [1.165, 1.54) is 5.56 Å². The number of nitrogens with zero attached hydrogens (tertiary/aromatic N) is 1. The minimum Gasteiger partial charge on any atom is -0.395 e. The van der Waals surface area contributed by atoms with Crippen molar-refractivity contribution < 1.29 is 4.79 Å². The maximum absolute atomic E-state index is 11.8. The number of hydrogen-bond acceptors (Lipinski definition) is 3. The molecule has 0 aliphatic carbocycles. The number of aromatic amines is 1. The standard InChI is InChI=1S/C14H18N4O/c1-10-12(15)13(18-17-10)14(19)16-9-5-8-11-6-3-2-4-7-11/h2-4,6-7H,5,8-9,15H2,1H3,(H,16,19)(H,17,18). The fourth-order valence-corrected chi connectivity index (χ4v) is 1.83. The number of nitrogens with two attached hydrogens (primary N) is 1. The van der Waals surface area contributed by atoms with E-state index in [1.54, 1.807) is 6.92 Å². The van der Waals surface area contributed by atoms with Crippen LogP contribution >= 0.6 is 0 Å². The predicted octanol–water partition coefficient (Wildman–Crippen LogP) is 1.66. The Labute approximate surface area is 112 Å². The van der Waals surface area contributed by atoms with Crippen LogP contribution in [0.15, 0.2) is 30.3 Å². The van der Waals surface area contributed by atoms with Gasteiger partial charge in [0.1, 0.15) is 0 Å². The third-order valence-electron chi connectivity index (χ3n) is 2.98. The molecule has 19 heavy (non-hydrogen) atoms. The number of rotatable bonds is 5. The molecule has 1 heterocycles. The van der Waals surface area contributed by atoms with Crippen molar-refractivity contribution >= 4 is 11.6 Å². The fourth-order valence-electron chi connectivity index (χ4n) is 1.83. The van der Waals surface area contributed by atoms with Gasteiger partial charge >= 0.3 is 0 Å². The molecule has 0 radical (unpaired) electrons. The number of H-pyrrole nitrogens is 1. The number of nitrogen functional groups attached to an aromatic ring is 1. The molecule has 0 saturated carbocycles. The Hall–Kier alpha value is -2.30. The topological polar surface area (TPSA) is 83.8 Å². The molecule has 2 aromatic rings. The highest BCUT2D eigenvalue weighted by Crippen LogP contribution is 2.11. The molecule has 0 saturated heterocycles. The first kappa shape index (κ1) is 13.1. The van der Waals surface area contributed by atoms with E-state index >= 15 is 0 Å². The van der Waals surface area contributed by atoms with Crippen molar-refractivity contribution in [3.05, 3.63) is 47.3 Å². The van der Waals surface area contributed by atoms with E-state index in [0.29, 0.717) is 12.2 Å². The van der Waals surface area contributed by atoms with Crippen molar-refractivity contribution in [1.29, 1.82) is 0 Å². The summed E-state index contributed by atoms with van der Waals surface area (Å²) in [7, 11) is 0. The molecular weight excluding hydrogens is 240 g/mol. The summed E-state index contributed by atoms with van der Waals surface area (Å²) in [4.78, 5) is 11.8. The summed E-state index contributed by atoms with van der Waals surface area (Å²) in [6.07, 6.45) is 1.83. The first-order chi connectivity index (χ1) is 9.18. The van der Waals surface area contributed by atoms with Gasteiger partial charge in [-0.3, -0.25) is 9.89 Å². The lowest BCUT2D eigenvalue weighted by atomic mass is 10.1. The van der Waals surface area contributed by atoms with Gasteiger partial charge in [0.2, 0.25) is 0 Å². The SMILES string of the molecule is Cc1[nH]nc(C(=O)NCCCc2ccccc2)c1N. The molecule has 1 amide bonds. The number of amides is 1. The van der Waals surface area contributed by atoms with Crippen molar-refractivity contribution in [3.8, 4) is 0 Å². The van der Waals surface area contributed by atoms with Crippen LogP contribution in [0.25, 0.3) is 0 Å². The average molecular weight is 258 g/mol. The van der Waals surface area contributed by atoms with E-state index in [9.17, 15) is 4.79 Å². The van der Waals surface area contributed by atoms with Crippen LogP contribution in [0.3, 0.4) is 0 Å². The van der Waals surface area contributed by atoms with Crippen LogP contribution in [0, 0.1) is 6.92 Å². The summed E-state index contributed by atoms with van der Waals surface area (Å²) in [5, 5.41) is 9.41. The van der Waals surface area contributed by atoms with Crippen molar-refractivity contribution in [2.24, 2.45) is 0 Å². The number of nitrogens with one attached hydrogen (secondary N) is 2. The van der Waals surface area contributed by atoms with Crippen LogP contribution < -0.4 is 11.1 Å². The van der Waals surface area contributed by atoms with Crippen LogP contribution in [0.1, 0.15) is 28.2 Å². The van der Waals surface area contributed by atoms with Crippen LogP contribution in [-0.2, 0) is 6.42 Å². The van der Waals surface area contributed by atoms with E-state index in [2.05, 4.69) is 27.6 Å². The molecule has 5 nitrogen and oxygen atoms in total. The third-order valence-corrected chi connectivity index (χ3v) is 2.98. The Morgan fingerprint density at radius 2 is 2.11 bits per heavy atom. The Balaban J connectivity index is 1.77. The van der Waals surface area contributed by atoms with Crippen molar-refractivity contribution in [2.75, 3.05) is 12.3 Å². The molecule has 2 rings (SSSR count). The van der Waals surface area contributed by atoms with Crippen molar-refractivity contribution in [1.82, 2.24) is 15.5 Å². The molecule has 0 aliphatic heterocycles. The number of carbonyl (C=O) groups is 1. The number of aryl methyl sites for hydroxylation is 2. The Morgan fingerprint density at radius 1 is 1.37 bits per heavy atom. The van der Waals surface area contributed by atoms with Crippen LogP contribution in [-0.4, -0.2) is 22.6 Å². The Morgan fingerprint density at radius 3 is 2.74 bits per heavy atom. The second-order valence-corrected chi connectivity index (χ2v) is 4.46. The molecular formula is C14H18N4O. The molecule has 1 aromatic carbocycles. The van der Waals surface area contributed by atoms with Gasteiger partial charge in [-0.15, -0.1) is 0 Å². The number of benzene rings is 1. The van der Waals surface area contributed by atoms with Gasteiger partial charge < -0.3 is 11.1 Å². The predicted molar refractivity (Wildman–Crippen MR) is 74.8 cm³/mol. The zero-order valence-corrected chi connectivity index (χ0v) is 10.9. The fraction of sp³-hybridized carbons (Fsp3) is 0.286. The summed E-state index contributed by atoms with van der Waals surface area (Å²) in [5.41, 5.74) is 8.42. The minimum atomic E-state index is -0.227. The third kappa shape index (κ3) is 3.34. The van der Waals surface area contributed by atoms with Gasteiger partial charge in [0.15, 0.2) is 5.69 Å². The van der Waals surface area contributed by atoms with E-state index < -0.39 is 0 Å². The maximum Gasteiger partial charge on any atom is 0.273 e. The van der Waals surface area contributed by atoms with Gasteiger partial charge in [0, 0.05) is 6.54 Å². The number of carbonyl (C=O) groups excluding carboxylic acids is 1. The van der Waals surface area contributed by atoms with Crippen molar-refractivity contribution in [3.63, 3.8) is 0 Å². The maximum atomic E-state index is 11.8. The van der Waals surface area contributed by atoms with Gasteiger partial charge in [-0.1, -0.05) is 30.3 Å². The summed E-state index contributed by atoms with van der Waals surface area (Å²) >= 11 is 0. The average Bonchev–Trinajstić information content (AvgIpc) is 2.76. The van der Waals surface area contributed by atoms with Crippen LogP contribution in [0.2, 0.25) is 0 Å². The van der Waals surface area contributed by atoms with Crippen LogP contribution in [0.5, 0.6) is 0 Å². The number of hydrogen-bond donors (Lipinski definition) is 3. The lowest BCUT2D eigenvalue weighted by Gasteiger charge is -2.04. The second-order valence-electron chi connectivity index (χ2n) is 4.46. The molecule has 0 aliphatic rings. The van der Waals surface area contributed by atoms with E-state index in [4.69, 9.17) is 5.73 Å². The molecule has 0 spiro atoms. The molecule has 0 unspecified atom stereocenters. The number of aromatic nitrogens is 2. The van der Waals surface area contributed by atoms with Crippen molar-refractivity contribution in [2.45, 2.75) is 19.8 Å². The zero-order valence-electron chi connectivity index (χ0n) is 10.9. The molecule has 100 valence electrons. The van der Waals surface area contributed by atoms with E-state index in [1.807, 2.05) is 18.2 Å². The van der Waals surface area contributed by atoms with Gasteiger partial charge in [-0.05, 0) is 25.3 Å². The highest BCUT2D eigenvalue weighted by Gasteiger charge is 2.14. The Bertz CT molecular complexity index is 548. The summed E-state index contributed by atoms with van der Waals surface area (Å²) in [5.74, 6) is -0.227. The molecule has 4 N–H and O–H groups in total. The van der Waals surface area contributed by atoms with E-state index in [0.717, 1.165) is 18.5 Å². The Kier molecular flexibility index (Phi) is 4.18. The normalized spacial score (nSPS) is 10.4. The van der Waals surface area contributed by atoms with Gasteiger partial charge in [-0.2, -0.15) is 5.10 Å². The molecule has 0 atom stereocenters. The largest absolute Gasteiger partial charge is 0.395 e. The lowest BCUT2D eigenvalue weighted by molar-refractivity contribution is 0.0949. The smallest absolute Gasteiger partial charge is 0.273 e. The monoisotopic (exact) mass is 258 g/mol. The summed E-state index contributed by atoms with van der Waals surface area (Å²) in [6.45, 7) is 2.40. The number of anilines is 1. The summed E-state index contributed by atoms with van der Waals surface area (Å²) in [6, 6.07) is 10.2. The van der Waals surface area contributed by atoms with Crippen LogP contribution in [0.4, 0.5) is 5.69 Å². The van der Waals surface area contributed by atoms with E-state index in [-0.39, 0.29) is 11.6 Å². The zero-order chi connectivity index (χ0) is 13.7. The molecule has 0 bridgehead atoms.